The second kappa shape index (κ2) is 7.94. The number of nitrogens with two attached hydrogens (primary N) is 1. The van der Waals surface area contributed by atoms with Gasteiger partial charge in [-0.3, -0.25) is 9.59 Å². The predicted molar refractivity (Wildman–Crippen MR) is 55.6 cm³/mol. The molecule has 7 nitrogen and oxygen atoms in total. The number of ether oxygens (including phenoxy) is 3. The summed E-state index contributed by atoms with van der Waals surface area (Å²) in [6.45, 7) is 0.739. The van der Waals surface area contributed by atoms with E-state index in [0.29, 0.717) is 11.8 Å². The van der Waals surface area contributed by atoms with E-state index in [2.05, 4.69) is 14.2 Å². The van der Waals surface area contributed by atoms with Crippen LogP contribution in [0, 0.1) is 0 Å². The zero-order valence-corrected chi connectivity index (χ0v) is 9.74. The van der Waals surface area contributed by atoms with Gasteiger partial charge in [0, 0.05) is 12.7 Å². The fraction of sp³-hybridized carbons (Fsp3) is 0.625. The van der Waals surface area contributed by atoms with Gasteiger partial charge in [-0.1, -0.05) is 0 Å². The molecule has 0 heterocycles. The van der Waals surface area contributed by atoms with Crippen LogP contribution in [-0.2, 0) is 23.8 Å². The van der Waals surface area contributed by atoms with E-state index in [1.54, 1.807) is 0 Å². The van der Waals surface area contributed by atoms with E-state index < -0.39 is 30.1 Å². The second-order valence-electron chi connectivity index (χ2n) is 2.59. The second-order valence-corrected chi connectivity index (χ2v) is 3.54. The molecule has 0 rings (SSSR count). The van der Waals surface area contributed by atoms with Crippen molar-refractivity contribution in [3.05, 3.63) is 0 Å². The number of carbonyl (C=O) groups excluding carboxylic acids is 3. The number of hydrogen-bond donors (Lipinski definition) is 1. The molecule has 2 N–H and O–H groups in total. The van der Waals surface area contributed by atoms with E-state index in [1.165, 1.54) is 14.0 Å². The van der Waals surface area contributed by atoms with Crippen molar-refractivity contribution < 1.29 is 28.6 Å². The molecular weight excluding hydrogens is 238 g/mol. The van der Waals surface area contributed by atoms with Crippen LogP contribution in [-0.4, -0.2) is 42.9 Å². The molecule has 0 aliphatic heterocycles. The van der Waals surface area contributed by atoms with Crippen LogP contribution in [0.3, 0.4) is 0 Å². The molecule has 0 bridgehead atoms. The van der Waals surface area contributed by atoms with Gasteiger partial charge in [0.05, 0.1) is 7.11 Å². The number of hydrogen-bond acceptors (Lipinski definition) is 8. The molecule has 0 aromatic rings. The van der Waals surface area contributed by atoms with Gasteiger partial charge >= 0.3 is 17.2 Å². The maximum atomic E-state index is 11.0. The van der Waals surface area contributed by atoms with Crippen molar-refractivity contribution in [3.63, 3.8) is 0 Å². The summed E-state index contributed by atoms with van der Waals surface area (Å²) in [4.78, 5) is 32.1. The van der Waals surface area contributed by atoms with Crippen LogP contribution < -0.4 is 5.73 Å². The quantitative estimate of drug-likeness (QED) is 0.532. The third-order valence-electron chi connectivity index (χ3n) is 1.32. The zero-order valence-electron chi connectivity index (χ0n) is 8.93. The number of methoxy groups -OCH3 is 1. The predicted octanol–water partition coefficient (Wildman–Crippen LogP) is -0.123. The first kappa shape index (κ1) is 14.7. The van der Waals surface area contributed by atoms with E-state index >= 15 is 0 Å². The third-order valence-corrected chi connectivity index (χ3v) is 2.20. The fourth-order valence-electron chi connectivity index (χ4n) is 0.579. The van der Waals surface area contributed by atoms with Gasteiger partial charge < -0.3 is 19.9 Å². The van der Waals surface area contributed by atoms with Crippen molar-refractivity contribution in [1.82, 2.24) is 0 Å². The largest absolute Gasteiger partial charge is 0.468 e. The molecule has 0 aliphatic carbocycles. The molecule has 1 atom stereocenters. The summed E-state index contributed by atoms with van der Waals surface area (Å²) < 4.78 is 13.2. The van der Waals surface area contributed by atoms with E-state index in [0.717, 1.165) is 0 Å². The topological polar surface area (TPSA) is 105 Å². The van der Waals surface area contributed by atoms with Gasteiger partial charge in [0.25, 0.3) is 0 Å². The van der Waals surface area contributed by atoms with Crippen molar-refractivity contribution in [3.8, 4) is 0 Å². The standard InChI is InChI=1S/C8H13NO6S/c1-5(10)14-4-15-8(12)16-3-6(9)7(11)13-2/h6H,3-4,9H2,1-2H3/t6-/m0/s1. The lowest BCUT2D eigenvalue weighted by Gasteiger charge is -2.08. The molecule has 0 saturated carbocycles. The van der Waals surface area contributed by atoms with E-state index in [9.17, 15) is 14.4 Å². The van der Waals surface area contributed by atoms with Gasteiger partial charge in [-0.15, -0.1) is 0 Å². The normalized spacial score (nSPS) is 11.4. The van der Waals surface area contributed by atoms with E-state index in [4.69, 9.17) is 5.73 Å². The maximum Gasteiger partial charge on any atom is 0.370 e. The van der Waals surface area contributed by atoms with Crippen molar-refractivity contribution in [2.45, 2.75) is 13.0 Å². The minimum absolute atomic E-state index is 0.0333. The third kappa shape index (κ3) is 7.07. The molecule has 0 aromatic carbocycles. The molecular formula is C8H13NO6S. The Hall–Kier alpha value is -1.28. The number of rotatable bonds is 5. The van der Waals surface area contributed by atoms with Gasteiger partial charge in [-0.25, -0.2) is 4.79 Å². The van der Waals surface area contributed by atoms with Gasteiger partial charge in [0.2, 0.25) is 6.79 Å². The summed E-state index contributed by atoms with van der Waals surface area (Å²) >= 11 is 0.702. The zero-order chi connectivity index (χ0) is 12.6. The smallest absolute Gasteiger partial charge is 0.370 e. The Morgan fingerprint density at radius 2 is 1.94 bits per heavy atom. The summed E-state index contributed by atoms with van der Waals surface area (Å²) in [5, 5.41) is -0.680. The summed E-state index contributed by atoms with van der Waals surface area (Å²) in [5.74, 6) is -1.13. The van der Waals surface area contributed by atoms with Crippen molar-refractivity contribution in [2.75, 3.05) is 19.7 Å². The Morgan fingerprint density at radius 1 is 1.31 bits per heavy atom. The lowest BCUT2D eigenvalue weighted by Crippen LogP contribution is -2.34. The Kier molecular flexibility index (Phi) is 7.31. The molecule has 8 heteroatoms. The Labute approximate surface area is 96.6 Å². The van der Waals surface area contributed by atoms with Crippen LogP contribution in [0.5, 0.6) is 0 Å². The molecule has 0 aromatic heterocycles. The SMILES string of the molecule is COC(=O)[C@@H](N)CSC(=O)OCOC(C)=O. The Balaban J connectivity index is 3.65. The van der Waals surface area contributed by atoms with E-state index in [-0.39, 0.29) is 5.75 Å². The molecule has 0 saturated heterocycles. The van der Waals surface area contributed by atoms with Gasteiger partial charge in [0.15, 0.2) is 0 Å². The highest BCUT2D eigenvalue weighted by atomic mass is 32.2. The average Bonchev–Trinajstić information content (AvgIpc) is 2.24. The highest BCUT2D eigenvalue weighted by Crippen LogP contribution is 2.07. The van der Waals surface area contributed by atoms with Crippen LogP contribution in [0.15, 0.2) is 0 Å². The van der Waals surface area contributed by atoms with Crippen molar-refractivity contribution >= 4 is 29.0 Å². The highest BCUT2D eigenvalue weighted by Gasteiger charge is 2.16. The van der Waals surface area contributed by atoms with Crippen molar-refractivity contribution in [2.24, 2.45) is 5.73 Å². The lowest BCUT2D eigenvalue weighted by atomic mass is 10.4. The minimum atomic E-state index is -0.892. The van der Waals surface area contributed by atoms with Crippen LogP contribution >= 0.6 is 11.8 Å². The van der Waals surface area contributed by atoms with Crippen LogP contribution in [0.25, 0.3) is 0 Å². The van der Waals surface area contributed by atoms with Crippen LogP contribution in [0.1, 0.15) is 6.92 Å². The van der Waals surface area contributed by atoms with Gasteiger partial charge in [-0.05, 0) is 11.8 Å². The number of carbonyl (C=O) groups is 3. The molecule has 0 aliphatic rings. The molecule has 92 valence electrons. The fourth-order valence-corrected chi connectivity index (χ4v) is 1.16. The average molecular weight is 251 g/mol. The van der Waals surface area contributed by atoms with Crippen LogP contribution in [0.2, 0.25) is 0 Å². The Morgan fingerprint density at radius 3 is 2.44 bits per heavy atom. The van der Waals surface area contributed by atoms with Crippen molar-refractivity contribution in [1.29, 1.82) is 0 Å². The Bertz CT molecular complexity index is 269. The molecule has 16 heavy (non-hydrogen) atoms. The minimum Gasteiger partial charge on any atom is -0.468 e. The molecule has 0 radical (unpaired) electrons. The van der Waals surface area contributed by atoms with Gasteiger partial charge in [0.1, 0.15) is 6.04 Å². The summed E-state index contributed by atoms with van der Waals surface area (Å²) in [7, 11) is 1.20. The summed E-state index contributed by atoms with van der Waals surface area (Å²) in [6, 6.07) is -0.892. The monoisotopic (exact) mass is 251 g/mol. The maximum absolute atomic E-state index is 11.0. The number of esters is 2. The van der Waals surface area contributed by atoms with Gasteiger partial charge in [-0.2, -0.15) is 0 Å². The van der Waals surface area contributed by atoms with Crippen LogP contribution in [0.4, 0.5) is 4.79 Å². The number of thioether (sulfide) groups is 1. The summed E-state index contributed by atoms with van der Waals surface area (Å²) in [5.41, 5.74) is 5.36. The van der Waals surface area contributed by atoms with E-state index in [1.807, 2.05) is 0 Å². The first-order chi connectivity index (χ1) is 7.47. The first-order valence-electron chi connectivity index (χ1n) is 4.23. The summed E-state index contributed by atoms with van der Waals surface area (Å²) in [6.07, 6.45) is 0. The molecule has 0 unspecified atom stereocenters. The lowest BCUT2D eigenvalue weighted by molar-refractivity contribution is -0.148. The molecule has 0 spiro atoms. The highest BCUT2D eigenvalue weighted by molar-refractivity contribution is 8.13. The molecule has 0 fully saturated rings. The first-order valence-corrected chi connectivity index (χ1v) is 5.22. The molecule has 0 amide bonds.